The fourth-order valence-corrected chi connectivity index (χ4v) is 1.22. The van der Waals surface area contributed by atoms with Crippen LogP contribution in [0.2, 0.25) is 0 Å². The van der Waals surface area contributed by atoms with E-state index in [2.05, 4.69) is 0 Å². The van der Waals surface area contributed by atoms with Crippen LogP contribution < -0.4 is 0 Å². The third kappa shape index (κ3) is 7.17. The Morgan fingerprint density at radius 1 is 0.833 bits per heavy atom. The van der Waals surface area contributed by atoms with Gasteiger partial charge in [0.15, 0.2) is 0 Å². The van der Waals surface area contributed by atoms with E-state index >= 15 is 0 Å². The summed E-state index contributed by atoms with van der Waals surface area (Å²) >= 11 is 10.8. The minimum absolute atomic E-state index is 0.290. The molecule has 4 heteroatoms. The van der Waals surface area contributed by atoms with Gasteiger partial charge in [-0.2, -0.15) is 0 Å². The van der Waals surface area contributed by atoms with Crippen LogP contribution in [0.4, 0.5) is 0 Å². The maximum absolute atomic E-state index is 9.06. The second-order valence-corrected chi connectivity index (χ2v) is 3.52. The van der Waals surface area contributed by atoms with E-state index in [0.717, 1.165) is 12.8 Å². The second kappa shape index (κ2) is 8.11. The average Bonchev–Trinajstić information content (AvgIpc) is 2.11. The predicted octanol–water partition coefficient (Wildman–Crippen LogP) is 1.75. The molecule has 0 rings (SSSR count). The quantitative estimate of drug-likeness (QED) is 0.501. The number of halogens is 2. The molecule has 0 heterocycles. The van der Waals surface area contributed by atoms with Crippen molar-refractivity contribution in [1.29, 1.82) is 0 Å². The average molecular weight is 215 g/mol. The summed E-state index contributed by atoms with van der Waals surface area (Å²) in [6.45, 7) is 0. The molecule has 74 valence electrons. The van der Waals surface area contributed by atoms with Crippen LogP contribution >= 0.6 is 23.2 Å². The lowest BCUT2D eigenvalue weighted by Gasteiger charge is -2.08. The minimum Gasteiger partial charge on any atom is -0.392 e. The van der Waals surface area contributed by atoms with Crippen molar-refractivity contribution in [2.45, 2.75) is 37.9 Å². The van der Waals surface area contributed by atoms with E-state index in [1.807, 2.05) is 0 Å². The zero-order valence-corrected chi connectivity index (χ0v) is 8.56. The molecule has 0 aliphatic heterocycles. The Hall–Kier alpha value is 0.500. The molecule has 0 spiro atoms. The van der Waals surface area contributed by atoms with Crippen molar-refractivity contribution in [2.24, 2.45) is 0 Å². The van der Waals surface area contributed by atoms with Gasteiger partial charge in [0.2, 0.25) is 0 Å². The first kappa shape index (κ1) is 12.5. The van der Waals surface area contributed by atoms with E-state index in [4.69, 9.17) is 33.4 Å². The lowest BCUT2D eigenvalue weighted by molar-refractivity contribution is 0.167. The highest BCUT2D eigenvalue weighted by Crippen LogP contribution is 2.07. The molecule has 0 radical (unpaired) electrons. The molecule has 0 aromatic carbocycles. The highest BCUT2D eigenvalue weighted by Gasteiger charge is 2.04. The molecule has 0 aromatic rings. The van der Waals surface area contributed by atoms with E-state index in [0.29, 0.717) is 12.8 Å². The summed E-state index contributed by atoms with van der Waals surface area (Å²) in [5.74, 6) is 0.579. The van der Waals surface area contributed by atoms with Crippen molar-refractivity contribution in [2.75, 3.05) is 11.8 Å². The molecule has 0 saturated carbocycles. The van der Waals surface area contributed by atoms with E-state index in [1.165, 1.54) is 0 Å². The molecule has 2 N–H and O–H groups in total. The summed E-state index contributed by atoms with van der Waals surface area (Å²) in [6, 6.07) is 0. The number of rotatable bonds is 7. The molecule has 2 nitrogen and oxygen atoms in total. The van der Waals surface area contributed by atoms with E-state index in [-0.39, 0.29) is 11.8 Å². The van der Waals surface area contributed by atoms with E-state index < -0.39 is 12.2 Å². The fraction of sp³-hybridized carbons (Fsp3) is 1.00. The lowest BCUT2D eigenvalue weighted by Crippen LogP contribution is -2.10. The normalized spacial score (nSPS) is 16.0. The van der Waals surface area contributed by atoms with E-state index in [9.17, 15) is 0 Å². The van der Waals surface area contributed by atoms with Gasteiger partial charge in [0.05, 0.1) is 12.2 Å². The molecule has 0 amide bonds. The fourth-order valence-electron chi connectivity index (χ4n) is 0.914. The largest absolute Gasteiger partial charge is 0.392 e. The SMILES string of the molecule is OC(CCl)CCCCC(O)CCl. The van der Waals surface area contributed by atoms with Crippen LogP contribution in [0, 0.1) is 0 Å². The van der Waals surface area contributed by atoms with Crippen LogP contribution in [0.25, 0.3) is 0 Å². The van der Waals surface area contributed by atoms with Gasteiger partial charge in [0, 0.05) is 11.8 Å². The predicted molar refractivity (Wildman–Crippen MR) is 51.9 cm³/mol. The van der Waals surface area contributed by atoms with Gasteiger partial charge >= 0.3 is 0 Å². The van der Waals surface area contributed by atoms with Gasteiger partial charge < -0.3 is 10.2 Å². The molecule has 0 aliphatic carbocycles. The van der Waals surface area contributed by atoms with Gasteiger partial charge in [-0.25, -0.2) is 0 Å². The Morgan fingerprint density at radius 3 is 1.42 bits per heavy atom. The first-order valence-electron chi connectivity index (χ1n) is 4.18. The van der Waals surface area contributed by atoms with Crippen LogP contribution in [0.1, 0.15) is 25.7 Å². The number of hydrogen-bond donors (Lipinski definition) is 2. The van der Waals surface area contributed by atoms with Gasteiger partial charge in [-0.1, -0.05) is 12.8 Å². The van der Waals surface area contributed by atoms with Gasteiger partial charge in [0.25, 0.3) is 0 Å². The number of aliphatic hydroxyl groups excluding tert-OH is 2. The number of hydrogen-bond acceptors (Lipinski definition) is 2. The summed E-state index contributed by atoms with van der Waals surface area (Å²) in [5.41, 5.74) is 0. The molecule has 0 aromatic heterocycles. The topological polar surface area (TPSA) is 40.5 Å². The molecule has 2 atom stereocenters. The van der Waals surface area contributed by atoms with Crippen molar-refractivity contribution in [3.63, 3.8) is 0 Å². The molecule has 0 aliphatic rings. The molecule has 0 saturated heterocycles. The van der Waals surface area contributed by atoms with Crippen LogP contribution in [0.3, 0.4) is 0 Å². The third-order valence-electron chi connectivity index (χ3n) is 1.68. The summed E-state index contributed by atoms with van der Waals surface area (Å²) in [5, 5.41) is 18.1. The summed E-state index contributed by atoms with van der Waals surface area (Å²) in [6.07, 6.45) is 2.39. The lowest BCUT2D eigenvalue weighted by atomic mass is 10.1. The van der Waals surface area contributed by atoms with Crippen molar-refractivity contribution in [1.82, 2.24) is 0 Å². The first-order valence-corrected chi connectivity index (χ1v) is 5.25. The smallest absolute Gasteiger partial charge is 0.0675 e. The minimum atomic E-state index is -0.403. The van der Waals surface area contributed by atoms with Crippen molar-refractivity contribution < 1.29 is 10.2 Å². The van der Waals surface area contributed by atoms with Gasteiger partial charge in [-0.05, 0) is 12.8 Å². The Kier molecular flexibility index (Phi) is 8.45. The van der Waals surface area contributed by atoms with Crippen molar-refractivity contribution in [3.8, 4) is 0 Å². The van der Waals surface area contributed by atoms with Crippen LogP contribution in [-0.2, 0) is 0 Å². The highest BCUT2D eigenvalue weighted by molar-refractivity contribution is 6.18. The molecule has 0 fully saturated rings. The Bertz CT molecular complexity index is 89.1. The van der Waals surface area contributed by atoms with Gasteiger partial charge in [-0.3, -0.25) is 0 Å². The Labute approximate surface area is 83.5 Å². The van der Waals surface area contributed by atoms with Crippen LogP contribution in [0.15, 0.2) is 0 Å². The second-order valence-electron chi connectivity index (χ2n) is 2.90. The highest BCUT2D eigenvalue weighted by atomic mass is 35.5. The zero-order chi connectivity index (χ0) is 9.40. The van der Waals surface area contributed by atoms with Gasteiger partial charge in [0.1, 0.15) is 0 Å². The molecule has 2 unspecified atom stereocenters. The molecule has 0 bridgehead atoms. The molecular formula is C8H16Cl2O2. The van der Waals surface area contributed by atoms with Crippen LogP contribution in [-0.4, -0.2) is 34.2 Å². The number of alkyl halides is 2. The summed E-state index contributed by atoms with van der Waals surface area (Å²) in [7, 11) is 0. The molecular weight excluding hydrogens is 199 g/mol. The summed E-state index contributed by atoms with van der Waals surface area (Å²) < 4.78 is 0. The number of aliphatic hydroxyl groups is 2. The standard InChI is InChI=1S/C8H16Cl2O2/c9-5-7(11)3-1-2-4-8(12)6-10/h7-8,11-12H,1-6H2. The van der Waals surface area contributed by atoms with Crippen molar-refractivity contribution in [3.05, 3.63) is 0 Å². The monoisotopic (exact) mass is 214 g/mol. The Morgan fingerprint density at radius 2 is 1.17 bits per heavy atom. The maximum atomic E-state index is 9.06. The van der Waals surface area contributed by atoms with Crippen molar-refractivity contribution >= 4 is 23.2 Å². The van der Waals surface area contributed by atoms with E-state index in [1.54, 1.807) is 0 Å². The Balaban J connectivity index is 3.10. The molecule has 12 heavy (non-hydrogen) atoms. The van der Waals surface area contributed by atoms with Crippen LogP contribution in [0.5, 0.6) is 0 Å². The zero-order valence-electron chi connectivity index (χ0n) is 7.05. The third-order valence-corrected chi connectivity index (χ3v) is 2.39. The number of unbranched alkanes of at least 4 members (excludes halogenated alkanes) is 1. The maximum Gasteiger partial charge on any atom is 0.0675 e. The summed E-state index contributed by atoms with van der Waals surface area (Å²) in [4.78, 5) is 0. The van der Waals surface area contributed by atoms with Gasteiger partial charge in [-0.15, -0.1) is 23.2 Å². The first-order chi connectivity index (χ1) is 5.70.